The zero-order valence-corrected chi connectivity index (χ0v) is 16.1. The standard InChI is InChI=1S/C23H19ClN2O2/c1-13-19(12-25)22(15-4-8-18(27)9-5-15)23-20(26-13)10-16(11-21(23)28)14-2-6-17(24)7-3-14/h2-9,16,22,26-27H,10-11H2,1H3/t16-,22-/m0/s1. The van der Waals surface area contributed by atoms with Crippen LogP contribution in [0.25, 0.3) is 0 Å². The Morgan fingerprint density at radius 2 is 1.71 bits per heavy atom. The molecule has 0 fully saturated rings. The Labute approximate surface area is 168 Å². The maximum absolute atomic E-state index is 13.2. The molecule has 0 radical (unpaired) electrons. The fraction of sp³-hybridized carbons (Fsp3) is 0.217. The van der Waals surface area contributed by atoms with Crippen molar-refractivity contribution in [1.82, 2.24) is 5.32 Å². The van der Waals surface area contributed by atoms with Gasteiger partial charge < -0.3 is 10.4 Å². The Morgan fingerprint density at radius 1 is 1.07 bits per heavy atom. The molecule has 2 atom stereocenters. The van der Waals surface area contributed by atoms with Gasteiger partial charge in [0.05, 0.1) is 17.6 Å². The van der Waals surface area contributed by atoms with Crippen LogP contribution in [0.5, 0.6) is 5.75 Å². The summed E-state index contributed by atoms with van der Waals surface area (Å²) in [5.74, 6) is -0.121. The van der Waals surface area contributed by atoms with Crippen LogP contribution >= 0.6 is 11.6 Å². The molecule has 0 spiro atoms. The molecule has 1 aliphatic carbocycles. The van der Waals surface area contributed by atoms with Crippen molar-refractivity contribution in [3.05, 3.63) is 87.2 Å². The third-order valence-corrected chi connectivity index (χ3v) is 5.77. The average molecular weight is 391 g/mol. The van der Waals surface area contributed by atoms with E-state index in [2.05, 4.69) is 11.4 Å². The quantitative estimate of drug-likeness (QED) is 0.762. The molecule has 0 saturated carbocycles. The highest BCUT2D eigenvalue weighted by Crippen LogP contribution is 2.45. The number of nitrogens with one attached hydrogen (secondary N) is 1. The summed E-state index contributed by atoms with van der Waals surface area (Å²) in [4.78, 5) is 13.2. The largest absolute Gasteiger partial charge is 0.508 e. The molecule has 0 amide bonds. The van der Waals surface area contributed by atoms with E-state index in [4.69, 9.17) is 11.6 Å². The van der Waals surface area contributed by atoms with Gasteiger partial charge in [-0.2, -0.15) is 5.26 Å². The van der Waals surface area contributed by atoms with Crippen molar-refractivity contribution < 1.29 is 9.90 Å². The van der Waals surface area contributed by atoms with Gasteiger partial charge in [0, 0.05) is 28.4 Å². The molecule has 2 aliphatic rings. The number of benzene rings is 2. The number of nitriles is 1. The molecule has 0 unspecified atom stereocenters. The first-order valence-corrected chi connectivity index (χ1v) is 9.54. The minimum absolute atomic E-state index is 0.0482. The van der Waals surface area contributed by atoms with Crippen LogP contribution in [0.3, 0.4) is 0 Å². The minimum atomic E-state index is -0.402. The summed E-state index contributed by atoms with van der Waals surface area (Å²) < 4.78 is 0. The van der Waals surface area contributed by atoms with Crippen molar-refractivity contribution in [2.75, 3.05) is 0 Å². The average Bonchev–Trinajstić information content (AvgIpc) is 2.68. The van der Waals surface area contributed by atoms with Crippen LogP contribution in [0.15, 0.2) is 71.1 Å². The Morgan fingerprint density at radius 3 is 2.36 bits per heavy atom. The van der Waals surface area contributed by atoms with Gasteiger partial charge in [0.2, 0.25) is 0 Å². The van der Waals surface area contributed by atoms with Gasteiger partial charge in [0.25, 0.3) is 0 Å². The lowest BCUT2D eigenvalue weighted by Crippen LogP contribution is -2.33. The molecule has 2 N–H and O–H groups in total. The number of phenolic OH excluding ortho intramolecular Hbond substituents is 1. The molecule has 28 heavy (non-hydrogen) atoms. The summed E-state index contributed by atoms with van der Waals surface area (Å²) in [6, 6.07) is 16.6. The van der Waals surface area contributed by atoms with E-state index in [9.17, 15) is 15.2 Å². The molecule has 2 aromatic rings. The highest BCUT2D eigenvalue weighted by atomic mass is 35.5. The van der Waals surface area contributed by atoms with E-state index in [-0.39, 0.29) is 17.5 Å². The lowest BCUT2D eigenvalue weighted by atomic mass is 9.72. The van der Waals surface area contributed by atoms with Gasteiger partial charge in [-0.15, -0.1) is 0 Å². The lowest BCUT2D eigenvalue weighted by molar-refractivity contribution is -0.116. The first-order chi connectivity index (χ1) is 13.5. The van der Waals surface area contributed by atoms with E-state index in [1.54, 1.807) is 24.3 Å². The molecule has 1 aliphatic heterocycles. The van der Waals surface area contributed by atoms with Gasteiger partial charge in [-0.05, 0) is 54.7 Å². The molecule has 2 aromatic carbocycles. The van der Waals surface area contributed by atoms with Gasteiger partial charge in [-0.3, -0.25) is 4.79 Å². The lowest BCUT2D eigenvalue weighted by Gasteiger charge is -2.35. The van der Waals surface area contributed by atoms with Gasteiger partial charge in [-0.25, -0.2) is 0 Å². The summed E-state index contributed by atoms with van der Waals surface area (Å²) in [6.07, 6.45) is 1.10. The first-order valence-electron chi connectivity index (χ1n) is 9.16. The summed E-state index contributed by atoms with van der Waals surface area (Å²) in [5.41, 5.74) is 4.77. The number of ketones is 1. The number of rotatable bonds is 2. The third-order valence-electron chi connectivity index (χ3n) is 5.52. The molecule has 140 valence electrons. The molecule has 0 bridgehead atoms. The second-order valence-corrected chi connectivity index (χ2v) is 7.71. The van der Waals surface area contributed by atoms with Crippen LogP contribution in [0, 0.1) is 11.3 Å². The van der Waals surface area contributed by atoms with Crippen LogP contribution in [0.1, 0.15) is 42.7 Å². The number of dihydropyridines is 1. The topological polar surface area (TPSA) is 73.1 Å². The summed E-state index contributed by atoms with van der Waals surface area (Å²) >= 11 is 6.00. The molecular formula is C23H19ClN2O2. The van der Waals surface area contributed by atoms with Crippen molar-refractivity contribution in [2.24, 2.45) is 0 Å². The van der Waals surface area contributed by atoms with Crippen molar-refractivity contribution in [2.45, 2.75) is 31.6 Å². The SMILES string of the molecule is CC1=C(C#N)[C@H](c2ccc(O)cc2)C2=C(C[C@H](c3ccc(Cl)cc3)CC2=O)N1. The molecule has 4 rings (SSSR count). The van der Waals surface area contributed by atoms with Crippen molar-refractivity contribution in [1.29, 1.82) is 5.26 Å². The highest BCUT2D eigenvalue weighted by molar-refractivity contribution is 6.30. The monoisotopic (exact) mass is 390 g/mol. The van der Waals surface area contributed by atoms with E-state index in [0.29, 0.717) is 29.0 Å². The van der Waals surface area contributed by atoms with Crippen molar-refractivity contribution in [3.8, 4) is 11.8 Å². The van der Waals surface area contributed by atoms with Gasteiger partial charge in [-0.1, -0.05) is 35.9 Å². The van der Waals surface area contributed by atoms with E-state index in [1.165, 1.54) is 0 Å². The predicted molar refractivity (Wildman–Crippen MR) is 108 cm³/mol. The van der Waals surface area contributed by atoms with Gasteiger partial charge in [0.1, 0.15) is 5.75 Å². The maximum atomic E-state index is 13.2. The van der Waals surface area contributed by atoms with E-state index < -0.39 is 5.92 Å². The van der Waals surface area contributed by atoms with E-state index in [0.717, 1.165) is 22.5 Å². The van der Waals surface area contributed by atoms with Crippen LogP contribution in [-0.2, 0) is 4.79 Å². The zero-order chi connectivity index (χ0) is 19.8. The first kappa shape index (κ1) is 18.3. The van der Waals surface area contributed by atoms with Gasteiger partial charge in [0.15, 0.2) is 5.78 Å². The Balaban J connectivity index is 1.77. The predicted octanol–water partition coefficient (Wildman–Crippen LogP) is 4.93. The third kappa shape index (κ3) is 3.19. The smallest absolute Gasteiger partial charge is 0.162 e. The number of hydrogen-bond donors (Lipinski definition) is 2. The highest BCUT2D eigenvalue weighted by Gasteiger charge is 2.38. The second-order valence-electron chi connectivity index (χ2n) is 7.27. The summed E-state index contributed by atoms with van der Waals surface area (Å²) in [7, 11) is 0. The number of carbonyl (C=O) groups is 1. The Hall–Kier alpha value is -3.03. The molecule has 0 aromatic heterocycles. The van der Waals surface area contributed by atoms with Crippen LogP contribution in [-0.4, -0.2) is 10.9 Å². The van der Waals surface area contributed by atoms with Gasteiger partial charge >= 0.3 is 0 Å². The van der Waals surface area contributed by atoms with Crippen LogP contribution in [0.2, 0.25) is 5.02 Å². The number of allylic oxidation sites excluding steroid dienone is 4. The minimum Gasteiger partial charge on any atom is -0.508 e. The van der Waals surface area contributed by atoms with Crippen molar-refractivity contribution in [3.63, 3.8) is 0 Å². The molecule has 5 heteroatoms. The normalized spacial score (nSPS) is 21.8. The number of aromatic hydroxyl groups is 1. The molecular weight excluding hydrogens is 372 g/mol. The number of carbonyl (C=O) groups excluding carboxylic acids is 1. The van der Waals surface area contributed by atoms with Crippen molar-refractivity contribution >= 4 is 17.4 Å². The molecule has 0 saturated heterocycles. The number of Topliss-reactive ketones (excluding diaryl/α,β-unsaturated/α-hetero) is 1. The number of nitrogens with zero attached hydrogens (tertiary/aromatic N) is 1. The Kier molecular flexibility index (Phi) is 4.70. The van der Waals surface area contributed by atoms with Crippen LogP contribution in [0.4, 0.5) is 0 Å². The fourth-order valence-electron chi connectivity index (χ4n) is 4.16. The number of hydrogen-bond acceptors (Lipinski definition) is 4. The maximum Gasteiger partial charge on any atom is 0.162 e. The fourth-order valence-corrected chi connectivity index (χ4v) is 4.28. The second kappa shape index (κ2) is 7.18. The number of halogens is 1. The zero-order valence-electron chi connectivity index (χ0n) is 15.4. The summed E-state index contributed by atoms with van der Waals surface area (Å²) in [5, 5.41) is 23.3. The molecule has 1 heterocycles. The van der Waals surface area contributed by atoms with Crippen LogP contribution < -0.4 is 5.32 Å². The van der Waals surface area contributed by atoms with E-state index in [1.807, 2.05) is 31.2 Å². The number of phenols is 1. The van der Waals surface area contributed by atoms with E-state index >= 15 is 0 Å². The Bertz CT molecular complexity index is 1040. The summed E-state index contributed by atoms with van der Waals surface area (Å²) in [6.45, 7) is 1.87. The molecule has 4 nitrogen and oxygen atoms in total.